The molecule has 0 aromatic carbocycles. The average molecular weight is 228 g/mol. The minimum atomic E-state index is -0.184. The molecule has 0 aliphatic heterocycles. The molecule has 0 amide bonds. The van der Waals surface area contributed by atoms with Crippen LogP contribution in [-0.2, 0) is 16.9 Å². The highest BCUT2D eigenvalue weighted by Gasteiger charge is 2.31. The molecule has 1 heterocycles. The third-order valence-corrected chi connectivity index (χ3v) is 4.01. The second kappa shape index (κ2) is 5.58. The van der Waals surface area contributed by atoms with Gasteiger partial charge in [0.25, 0.3) is 0 Å². The molecule has 0 radical (unpaired) electrons. The summed E-state index contributed by atoms with van der Waals surface area (Å²) in [4.78, 5) is 5.73. The van der Waals surface area contributed by atoms with Gasteiger partial charge in [-0.05, 0) is 19.9 Å². The Hall–Kier alpha value is -0.450. The Balaban J connectivity index is 2.91. The van der Waals surface area contributed by atoms with Crippen molar-refractivity contribution in [3.05, 3.63) is 16.1 Å². The zero-order valence-electron chi connectivity index (χ0n) is 9.96. The van der Waals surface area contributed by atoms with Crippen molar-refractivity contribution in [3.8, 4) is 0 Å². The normalized spacial score (nSPS) is 12.0. The molecular weight excluding hydrogens is 208 g/mol. The standard InChI is InChI=1S/C11H20N2OS/c1-5-11(6-2,14-4)10-13-8-9(15-10)7-12-3/h8,12H,5-7H2,1-4H3. The Morgan fingerprint density at radius 2 is 2.13 bits per heavy atom. The molecule has 0 fully saturated rings. The first-order valence-electron chi connectivity index (χ1n) is 5.37. The summed E-state index contributed by atoms with van der Waals surface area (Å²) in [5, 5.41) is 4.23. The number of nitrogens with zero attached hydrogens (tertiary/aromatic N) is 1. The van der Waals surface area contributed by atoms with E-state index in [9.17, 15) is 0 Å². The summed E-state index contributed by atoms with van der Waals surface area (Å²) >= 11 is 1.74. The van der Waals surface area contributed by atoms with Gasteiger partial charge in [-0.25, -0.2) is 4.98 Å². The van der Waals surface area contributed by atoms with Crippen LogP contribution in [0.1, 0.15) is 36.6 Å². The Morgan fingerprint density at radius 1 is 1.47 bits per heavy atom. The molecule has 4 heteroatoms. The van der Waals surface area contributed by atoms with Crippen LogP contribution >= 0.6 is 11.3 Å². The lowest BCUT2D eigenvalue weighted by Crippen LogP contribution is -2.26. The number of nitrogens with one attached hydrogen (secondary N) is 1. The minimum absolute atomic E-state index is 0.184. The van der Waals surface area contributed by atoms with Crippen molar-refractivity contribution in [3.63, 3.8) is 0 Å². The smallest absolute Gasteiger partial charge is 0.125 e. The summed E-state index contributed by atoms with van der Waals surface area (Å²) in [5.41, 5.74) is -0.184. The van der Waals surface area contributed by atoms with Crippen molar-refractivity contribution in [2.45, 2.75) is 38.8 Å². The fourth-order valence-electron chi connectivity index (χ4n) is 1.70. The van der Waals surface area contributed by atoms with Crippen LogP contribution in [0, 0.1) is 0 Å². The van der Waals surface area contributed by atoms with Crippen LogP contribution < -0.4 is 5.32 Å². The van der Waals surface area contributed by atoms with Gasteiger partial charge in [-0.15, -0.1) is 11.3 Å². The van der Waals surface area contributed by atoms with E-state index in [0.29, 0.717) is 0 Å². The molecule has 1 N–H and O–H groups in total. The van der Waals surface area contributed by atoms with E-state index in [1.54, 1.807) is 18.4 Å². The monoisotopic (exact) mass is 228 g/mol. The van der Waals surface area contributed by atoms with Gasteiger partial charge in [0.1, 0.15) is 10.6 Å². The predicted octanol–water partition coefficient (Wildman–Crippen LogP) is 2.52. The molecule has 0 saturated heterocycles. The number of thiazole rings is 1. The van der Waals surface area contributed by atoms with Gasteiger partial charge in [-0.2, -0.15) is 0 Å². The molecule has 0 aliphatic carbocycles. The summed E-state index contributed by atoms with van der Waals surface area (Å²) in [7, 11) is 3.72. The Bertz CT molecular complexity index is 286. The number of hydrogen-bond donors (Lipinski definition) is 1. The zero-order chi connectivity index (χ0) is 11.3. The summed E-state index contributed by atoms with van der Waals surface area (Å²) < 4.78 is 5.64. The van der Waals surface area contributed by atoms with Gasteiger partial charge in [0.05, 0.1) is 0 Å². The van der Waals surface area contributed by atoms with Crippen molar-refractivity contribution in [2.24, 2.45) is 0 Å². The second-order valence-corrected chi connectivity index (χ2v) is 4.68. The molecule has 0 aliphatic rings. The van der Waals surface area contributed by atoms with Gasteiger partial charge in [0.2, 0.25) is 0 Å². The summed E-state index contributed by atoms with van der Waals surface area (Å²) in [6.07, 6.45) is 3.87. The van der Waals surface area contributed by atoms with E-state index in [4.69, 9.17) is 4.74 Å². The lowest BCUT2D eigenvalue weighted by molar-refractivity contribution is -0.0218. The summed E-state index contributed by atoms with van der Waals surface area (Å²) in [6.45, 7) is 5.17. The van der Waals surface area contributed by atoms with E-state index in [-0.39, 0.29) is 5.60 Å². The summed E-state index contributed by atoms with van der Waals surface area (Å²) in [6, 6.07) is 0. The van der Waals surface area contributed by atoms with E-state index < -0.39 is 0 Å². The molecule has 0 saturated carbocycles. The van der Waals surface area contributed by atoms with Gasteiger partial charge in [0.15, 0.2) is 0 Å². The third-order valence-electron chi connectivity index (χ3n) is 2.83. The first-order chi connectivity index (χ1) is 7.22. The highest BCUT2D eigenvalue weighted by molar-refractivity contribution is 7.11. The Labute approximate surface area is 95.9 Å². The molecule has 0 bridgehead atoms. The predicted molar refractivity (Wildman–Crippen MR) is 64.1 cm³/mol. The molecule has 0 spiro atoms. The molecule has 1 aromatic rings. The lowest BCUT2D eigenvalue weighted by atomic mass is 9.98. The topological polar surface area (TPSA) is 34.1 Å². The van der Waals surface area contributed by atoms with Crippen LogP contribution in [0.2, 0.25) is 0 Å². The third kappa shape index (κ3) is 2.56. The average Bonchev–Trinajstić information content (AvgIpc) is 2.71. The number of hydrogen-bond acceptors (Lipinski definition) is 4. The van der Waals surface area contributed by atoms with Crippen LogP contribution in [0.3, 0.4) is 0 Å². The molecule has 0 atom stereocenters. The number of rotatable bonds is 6. The maximum atomic E-state index is 5.64. The van der Waals surface area contributed by atoms with Gasteiger partial charge in [-0.3, -0.25) is 0 Å². The minimum Gasteiger partial charge on any atom is -0.371 e. The number of aromatic nitrogens is 1. The summed E-state index contributed by atoms with van der Waals surface area (Å²) in [5.74, 6) is 0. The van der Waals surface area contributed by atoms with E-state index in [1.807, 2.05) is 13.2 Å². The zero-order valence-corrected chi connectivity index (χ0v) is 10.8. The van der Waals surface area contributed by atoms with Crippen LogP contribution in [-0.4, -0.2) is 19.1 Å². The number of ether oxygens (including phenoxy) is 1. The molecule has 15 heavy (non-hydrogen) atoms. The van der Waals surface area contributed by atoms with Crippen LogP contribution in [0.15, 0.2) is 6.20 Å². The molecular formula is C11H20N2OS. The fourth-order valence-corrected chi connectivity index (χ4v) is 2.94. The first-order valence-corrected chi connectivity index (χ1v) is 6.19. The van der Waals surface area contributed by atoms with Crippen molar-refractivity contribution in [2.75, 3.05) is 14.2 Å². The molecule has 0 unspecified atom stereocenters. The largest absolute Gasteiger partial charge is 0.371 e. The van der Waals surface area contributed by atoms with Crippen molar-refractivity contribution >= 4 is 11.3 Å². The molecule has 3 nitrogen and oxygen atoms in total. The van der Waals surface area contributed by atoms with Gasteiger partial charge in [0, 0.05) is 24.7 Å². The van der Waals surface area contributed by atoms with Crippen molar-refractivity contribution < 1.29 is 4.74 Å². The van der Waals surface area contributed by atoms with Crippen LogP contribution in [0.25, 0.3) is 0 Å². The van der Waals surface area contributed by atoms with E-state index >= 15 is 0 Å². The highest BCUT2D eigenvalue weighted by atomic mass is 32.1. The SMILES string of the molecule is CCC(CC)(OC)c1ncc(CNC)s1. The lowest BCUT2D eigenvalue weighted by Gasteiger charge is -2.27. The molecule has 1 rings (SSSR count). The Morgan fingerprint density at radius 3 is 2.60 bits per heavy atom. The number of methoxy groups -OCH3 is 1. The van der Waals surface area contributed by atoms with Crippen molar-refractivity contribution in [1.29, 1.82) is 0 Å². The first kappa shape index (κ1) is 12.6. The maximum absolute atomic E-state index is 5.64. The van der Waals surface area contributed by atoms with E-state index in [2.05, 4.69) is 24.1 Å². The Kier molecular flexibility index (Phi) is 4.70. The van der Waals surface area contributed by atoms with E-state index in [1.165, 1.54) is 4.88 Å². The quantitative estimate of drug-likeness (QED) is 0.812. The molecule has 1 aromatic heterocycles. The van der Waals surface area contributed by atoms with Crippen LogP contribution in [0.4, 0.5) is 0 Å². The fraction of sp³-hybridized carbons (Fsp3) is 0.727. The maximum Gasteiger partial charge on any atom is 0.125 e. The van der Waals surface area contributed by atoms with Gasteiger partial charge >= 0.3 is 0 Å². The second-order valence-electron chi connectivity index (χ2n) is 3.57. The van der Waals surface area contributed by atoms with Crippen molar-refractivity contribution in [1.82, 2.24) is 10.3 Å². The highest BCUT2D eigenvalue weighted by Crippen LogP contribution is 2.34. The van der Waals surface area contributed by atoms with Gasteiger partial charge < -0.3 is 10.1 Å². The van der Waals surface area contributed by atoms with E-state index in [0.717, 1.165) is 24.4 Å². The van der Waals surface area contributed by atoms with Gasteiger partial charge in [-0.1, -0.05) is 13.8 Å². The van der Waals surface area contributed by atoms with Crippen LogP contribution in [0.5, 0.6) is 0 Å². The molecule has 86 valence electrons.